The quantitative estimate of drug-likeness (QED) is 0.600. The van der Waals surface area contributed by atoms with E-state index in [-0.39, 0.29) is 12.1 Å². The zero-order valence-corrected chi connectivity index (χ0v) is 13.8. The Balaban J connectivity index is 2.17. The number of nitrogens with two attached hydrogens (primary N) is 1. The smallest absolute Gasteiger partial charge is 0.0901 e. The fourth-order valence-corrected chi connectivity index (χ4v) is 3.09. The van der Waals surface area contributed by atoms with E-state index in [4.69, 9.17) is 10.6 Å². The van der Waals surface area contributed by atoms with Gasteiger partial charge in [-0.1, -0.05) is 0 Å². The third-order valence-electron chi connectivity index (χ3n) is 3.65. The Labute approximate surface area is 128 Å². The van der Waals surface area contributed by atoms with Crippen LogP contribution in [0, 0.1) is 0 Å². The number of hydrogen-bond acceptors (Lipinski definition) is 5. The van der Waals surface area contributed by atoms with Crippen LogP contribution < -0.4 is 11.3 Å². The summed E-state index contributed by atoms with van der Waals surface area (Å²) in [6, 6.07) is -0.0330. The summed E-state index contributed by atoms with van der Waals surface area (Å²) < 4.78 is 8.86. The molecule has 1 aromatic rings. The van der Waals surface area contributed by atoms with Gasteiger partial charge in [-0.25, -0.2) is 5.43 Å². The van der Waals surface area contributed by atoms with Crippen LogP contribution in [0.5, 0.6) is 0 Å². The molecule has 0 aromatic carbocycles. The van der Waals surface area contributed by atoms with Gasteiger partial charge in [0.25, 0.3) is 0 Å². The molecule has 0 amide bonds. The van der Waals surface area contributed by atoms with Gasteiger partial charge >= 0.3 is 0 Å². The molecule has 1 aliphatic rings. The summed E-state index contributed by atoms with van der Waals surface area (Å²) in [6.45, 7) is 2.58. The second-order valence-electron chi connectivity index (χ2n) is 5.45. The van der Waals surface area contributed by atoms with Crippen molar-refractivity contribution in [2.45, 2.75) is 38.0 Å². The first-order chi connectivity index (χ1) is 9.63. The minimum absolute atomic E-state index is 0.0330. The summed E-state index contributed by atoms with van der Waals surface area (Å²) >= 11 is 3.58. The molecule has 2 unspecified atom stereocenters. The second-order valence-corrected chi connectivity index (χ2v) is 6.31. The molecule has 2 rings (SSSR count). The van der Waals surface area contributed by atoms with Gasteiger partial charge in [-0.2, -0.15) is 5.10 Å². The van der Waals surface area contributed by atoms with Crippen molar-refractivity contribution in [3.8, 4) is 0 Å². The third kappa shape index (κ3) is 3.79. The fourth-order valence-electron chi connectivity index (χ4n) is 2.54. The van der Waals surface area contributed by atoms with Crippen LogP contribution in [0.4, 0.5) is 0 Å². The molecule has 3 N–H and O–H groups in total. The third-order valence-corrected chi connectivity index (χ3v) is 4.26. The fraction of sp³-hybridized carbons (Fsp3) is 0.769. The number of halogens is 1. The van der Waals surface area contributed by atoms with Gasteiger partial charge in [0.1, 0.15) is 0 Å². The van der Waals surface area contributed by atoms with Crippen LogP contribution in [-0.4, -0.2) is 48.0 Å². The molecule has 1 aliphatic heterocycles. The Morgan fingerprint density at radius 2 is 2.40 bits per heavy atom. The van der Waals surface area contributed by atoms with Gasteiger partial charge in [0, 0.05) is 13.2 Å². The average molecular weight is 346 g/mol. The molecule has 7 heteroatoms. The van der Waals surface area contributed by atoms with Crippen LogP contribution in [-0.2, 0) is 11.3 Å². The van der Waals surface area contributed by atoms with Crippen molar-refractivity contribution in [3.05, 3.63) is 16.4 Å². The Bertz CT molecular complexity index is 417. The average Bonchev–Trinajstić information content (AvgIpc) is 2.80. The molecule has 2 atom stereocenters. The molecule has 2 heterocycles. The Morgan fingerprint density at radius 3 is 3.00 bits per heavy atom. The highest BCUT2D eigenvalue weighted by molar-refractivity contribution is 9.10. The maximum Gasteiger partial charge on any atom is 0.0901 e. The molecule has 1 aromatic heterocycles. The van der Waals surface area contributed by atoms with Crippen LogP contribution in [0.15, 0.2) is 10.7 Å². The summed E-state index contributed by atoms with van der Waals surface area (Å²) in [5.74, 6) is 5.79. The zero-order valence-electron chi connectivity index (χ0n) is 12.2. The summed E-state index contributed by atoms with van der Waals surface area (Å²) in [4.78, 5) is 2.14. The van der Waals surface area contributed by atoms with E-state index in [2.05, 4.69) is 45.4 Å². The number of rotatable bonds is 6. The van der Waals surface area contributed by atoms with Gasteiger partial charge in [0.15, 0.2) is 0 Å². The predicted molar refractivity (Wildman–Crippen MR) is 82.1 cm³/mol. The number of nitrogens with zero attached hydrogens (tertiary/aromatic N) is 3. The van der Waals surface area contributed by atoms with Crippen LogP contribution >= 0.6 is 15.9 Å². The number of hydrazine groups is 1. The highest BCUT2D eigenvalue weighted by Crippen LogP contribution is 2.30. The molecule has 1 saturated heterocycles. The topological polar surface area (TPSA) is 68.3 Å². The number of ether oxygens (including phenoxy) is 1. The van der Waals surface area contributed by atoms with E-state index in [1.54, 1.807) is 0 Å². The van der Waals surface area contributed by atoms with Gasteiger partial charge in [-0.15, -0.1) is 0 Å². The molecule has 1 fully saturated rings. The molecule has 0 bridgehead atoms. The zero-order chi connectivity index (χ0) is 14.5. The first kappa shape index (κ1) is 15.9. The van der Waals surface area contributed by atoms with Crippen molar-refractivity contribution in [2.75, 3.05) is 27.2 Å². The monoisotopic (exact) mass is 345 g/mol. The molecule has 0 radical (unpaired) electrons. The Morgan fingerprint density at radius 1 is 1.60 bits per heavy atom. The molecular weight excluding hydrogens is 322 g/mol. The maximum absolute atomic E-state index is 5.88. The lowest BCUT2D eigenvalue weighted by atomic mass is 10.00. The van der Waals surface area contributed by atoms with Crippen molar-refractivity contribution in [1.29, 1.82) is 0 Å². The highest BCUT2D eigenvalue weighted by atomic mass is 79.9. The lowest BCUT2D eigenvalue weighted by molar-refractivity contribution is -0.0103. The van der Waals surface area contributed by atoms with Gasteiger partial charge in [-0.05, 0) is 49.3 Å². The minimum Gasteiger partial charge on any atom is -0.376 e. The van der Waals surface area contributed by atoms with Crippen LogP contribution in [0.3, 0.4) is 0 Å². The Hall–Kier alpha value is -0.470. The molecule has 0 saturated carbocycles. The second kappa shape index (κ2) is 7.51. The molecule has 6 nitrogen and oxygen atoms in total. The summed E-state index contributed by atoms with van der Waals surface area (Å²) in [5.41, 5.74) is 3.98. The molecule has 0 aliphatic carbocycles. The van der Waals surface area contributed by atoms with Crippen LogP contribution in [0.25, 0.3) is 0 Å². The normalized spacial score (nSPS) is 21.4. The lowest BCUT2D eigenvalue weighted by Crippen LogP contribution is -2.41. The van der Waals surface area contributed by atoms with Crippen molar-refractivity contribution in [1.82, 2.24) is 20.1 Å². The van der Waals surface area contributed by atoms with Gasteiger partial charge in [-0.3, -0.25) is 10.5 Å². The van der Waals surface area contributed by atoms with Crippen molar-refractivity contribution in [2.24, 2.45) is 5.84 Å². The number of hydrogen-bond donors (Lipinski definition) is 2. The number of aromatic nitrogens is 2. The van der Waals surface area contributed by atoms with Crippen LogP contribution in [0.2, 0.25) is 0 Å². The number of nitrogens with one attached hydrogen (secondary N) is 1. The van der Waals surface area contributed by atoms with E-state index >= 15 is 0 Å². The SMILES string of the molecule is CN(C)CCn1ncc(Br)c1C(NN)C1CCCCO1. The highest BCUT2D eigenvalue weighted by Gasteiger charge is 2.29. The first-order valence-corrected chi connectivity index (χ1v) is 7.86. The number of likely N-dealkylation sites (N-methyl/N-ethyl adjacent to an activating group) is 1. The lowest BCUT2D eigenvalue weighted by Gasteiger charge is -2.30. The van der Waals surface area contributed by atoms with E-state index in [0.717, 1.165) is 42.7 Å². The van der Waals surface area contributed by atoms with Crippen molar-refractivity contribution >= 4 is 15.9 Å². The van der Waals surface area contributed by atoms with E-state index in [1.165, 1.54) is 6.42 Å². The summed E-state index contributed by atoms with van der Waals surface area (Å²) in [6.07, 6.45) is 5.29. The molecule has 0 spiro atoms. The van der Waals surface area contributed by atoms with Gasteiger partial charge in [0.05, 0.1) is 35.1 Å². The van der Waals surface area contributed by atoms with Gasteiger partial charge in [0.2, 0.25) is 0 Å². The van der Waals surface area contributed by atoms with E-state index in [9.17, 15) is 0 Å². The molecule has 20 heavy (non-hydrogen) atoms. The van der Waals surface area contributed by atoms with Crippen molar-refractivity contribution in [3.63, 3.8) is 0 Å². The Kier molecular flexibility index (Phi) is 5.98. The van der Waals surface area contributed by atoms with Crippen LogP contribution in [0.1, 0.15) is 31.0 Å². The predicted octanol–water partition coefficient (Wildman–Crippen LogP) is 1.28. The summed E-state index contributed by atoms with van der Waals surface area (Å²) in [7, 11) is 4.11. The van der Waals surface area contributed by atoms with Gasteiger partial charge < -0.3 is 9.64 Å². The minimum atomic E-state index is -0.0330. The van der Waals surface area contributed by atoms with E-state index in [0.29, 0.717) is 0 Å². The largest absolute Gasteiger partial charge is 0.376 e. The van der Waals surface area contributed by atoms with Crippen molar-refractivity contribution < 1.29 is 4.74 Å². The van der Waals surface area contributed by atoms with E-state index in [1.807, 2.05) is 10.9 Å². The summed E-state index contributed by atoms with van der Waals surface area (Å²) in [5, 5.41) is 4.44. The molecular formula is C13H24BrN5O. The standard InChI is InChI=1S/C13H24BrN5O/c1-18(2)6-7-19-13(10(14)9-16-19)12(17-15)11-5-3-4-8-20-11/h9,11-12,17H,3-8,15H2,1-2H3. The first-order valence-electron chi connectivity index (χ1n) is 7.07. The molecule has 114 valence electrons. The van der Waals surface area contributed by atoms with E-state index < -0.39 is 0 Å². The maximum atomic E-state index is 5.88.